The smallest absolute Gasteiger partial charge is 0.254 e. The molecule has 0 bridgehead atoms. The third-order valence-electron chi connectivity index (χ3n) is 5.47. The molecule has 26 heavy (non-hydrogen) atoms. The van der Waals surface area contributed by atoms with Gasteiger partial charge in [0.15, 0.2) is 5.82 Å². The standard InChI is InChI=1S/C18H26N6O2/c1-2-21-13-5-7-18(8-6-13,9-10-19)24-11-14(15(20)25)16(23-24)22-17(26)12-3-4-12/h11-13,21H,2-9H2,1H3,(H2,20,25)(H,22,23,26). The number of rotatable bonds is 7. The molecule has 2 aliphatic carbocycles. The highest BCUT2D eigenvalue weighted by Gasteiger charge is 2.39. The van der Waals surface area contributed by atoms with Crippen molar-refractivity contribution in [2.45, 2.75) is 63.5 Å². The lowest BCUT2D eigenvalue weighted by Gasteiger charge is -2.39. The first kappa shape index (κ1) is 18.4. The number of aromatic nitrogens is 2. The SMILES string of the molecule is CCNC1CCC(CC#N)(n2cc(C(N)=O)c(NC(=O)C3CC3)n2)CC1. The minimum Gasteiger partial charge on any atom is -0.365 e. The number of hydrogen-bond donors (Lipinski definition) is 3. The Morgan fingerprint density at radius 1 is 1.38 bits per heavy atom. The van der Waals surface area contributed by atoms with Crippen LogP contribution in [0.5, 0.6) is 0 Å². The number of nitrogens with one attached hydrogen (secondary N) is 2. The number of nitrogens with two attached hydrogens (primary N) is 1. The zero-order valence-corrected chi connectivity index (χ0v) is 15.1. The maximum absolute atomic E-state index is 12.1. The number of hydrogen-bond acceptors (Lipinski definition) is 5. The van der Waals surface area contributed by atoms with Gasteiger partial charge in [-0.2, -0.15) is 10.4 Å². The van der Waals surface area contributed by atoms with Crippen LogP contribution in [0.15, 0.2) is 6.20 Å². The highest BCUT2D eigenvalue weighted by molar-refractivity contribution is 6.02. The highest BCUT2D eigenvalue weighted by atomic mass is 16.2. The van der Waals surface area contributed by atoms with Gasteiger partial charge in [0.1, 0.15) is 5.56 Å². The van der Waals surface area contributed by atoms with E-state index in [-0.39, 0.29) is 23.2 Å². The molecule has 8 heteroatoms. The Bertz CT molecular complexity index is 723. The van der Waals surface area contributed by atoms with Crippen LogP contribution >= 0.6 is 0 Å². The number of amides is 2. The fourth-order valence-electron chi connectivity index (χ4n) is 3.74. The molecule has 0 radical (unpaired) electrons. The topological polar surface area (TPSA) is 126 Å². The van der Waals surface area contributed by atoms with E-state index in [0.29, 0.717) is 12.5 Å². The molecular weight excluding hydrogens is 332 g/mol. The van der Waals surface area contributed by atoms with Gasteiger partial charge in [-0.15, -0.1) is 0 Å². The van der Waals surface area contributed by atoms with E-state index in [1.807, 2.05) is 0 Å². The van der Waals surface area contributed by atoms with Crippen LogP contribution in [0, 0.1) is 17.2 Å². The van der Waals surface area contributed by atoms with Gasteiger partial charge in [0.05, 0.1) is 18.0 Å². The Kier molecular flexibility index (Phi) is 5.28. The number of carbonyl (C=O) groups excluding carboxylic acids is 2. The fraction of sp³-hybridized carbons (Fsp3) is 0.667. The first-order valence-corrected chi connectivity index (χ1v) is 9.30. The Morgan fingerprint density at radius 2 is 2.08 bits per heavy atom. The van der Waals surface area contributed by atoms with E-state index in [4.69, 9.17) is 5.73 Å². The Balaban J connectivity index is 1.86. The molecule has 0 saturated heterocycles. The van der Waals surface area contributed by atoms with Crippen LogP contribution in [-0.2, 0) is 10.3 Å². The van der Waals surface area contributed by atoms with Gasteiger partial charge in [-0.05, 0) is 45.1 Å². The fourth-order valence-corrected chi connectivity index (χ4v) is 3.74. The minimum atomic E-state index is -0.629. The molecular formula is C18H26N6O2. The van der Waals surface area contributed by atoms with Crippen molar-refractivity contribution in [3.63, 3.8) is 0 Å². The van der Waals surface area contributed by atoms with Crippen molar-refractivity contribution >= 4 is 17.6 Å². The lowest BCUT2D eigenvalue weighted by atomic mass is 9.77. The van der Waals surface area contributed by atoms with Gasteiger partial charge in [0.2, 0.25) is 5.91 Å². The summed E-state index contributed by atoms with van der Waals surface area (Å²) in [7, 11) is 0. The molecule has 0 aliphatic heterocycles. The molecule has 0 unspecified atom stereocenters. The summed E-state index contributed by atoms with van der Waals surface area (Å²) in [5, 5.41) is 20.0. The first-order chi connectivity index (χ1) is 12.5. The molecule has 4 N–H and O–H groups in total. The molecule has 0 aromatic carbocycles. The van der Waals surface area contributed by atoms with Crippen molar-refractivity contribution in [1.82, 2.24) is 15.1 Å². The molecule has 2 aliphatic rings. The summed E-state index contributed by atoms with van der Waals surface area (Å²) in [6, 6.07) is 2.70. The van der Waals surface area contributed by atoms with Crippen LogP contribution in [-0.4, -0.2) is 34.2 Å². The number of nitriles is 1. The summed E-state index contributed by atoms with van der Waals surface area (Å²) in [6.45, 7) is 3.00. The predicted octanol–water partition coefficient (Wildman–Crippen LogP) is 1.49. The molecule has 0 spiro atoms. The molecule has 1 heterocycles. The average Bonchev–Trinajstić information content (AvgIpc) is 3.38. The first-order valence-electron chi connectivity index (χ1n) is 9.30. The van der Waals surface area contributed by atoms with E-state index >= 15 is 0 Å². The lowest BCUT2D eigenvalue weighted by molar-refractivity contribution is -0.117. The largest absolute Gasteiger partial charge is 0.365 e. The Labute approximate surface area is 153 Å². The van der Waals surface area contributed by atoms with Gasteiger partial charge in [-0.25, -0.2) is 0 Å². The normalized spacial score (nSPS) is 25.5. The van der Waals surface area contributed by atoms with Crippen LogP contribution in [0.3, 0.4) is 0 Å². The van der Waals surface area contributed by atoms with E-state index in [1.54, 1.807) is 10.9 Å². The molecule has 2 saturated carbocycles. The lowest BCUT2D eigenvalue weighted by Crippen LogP contribution is -2.43. The molecule has 2 amide bonds. The Hall–Kier alpha value is -2.40. The maximum atomic E-state index is 12.1. The van der Waals surface area contributed by atoms with Gasteiger partial charge in [-0.3, -0.25) is 14.3 Å². The summed E-state index contributed by atoms with van der Waals surface area (Å²) < 4.78 is 1.70. The van der Waals surface area contributed by atoms with Gasteiger partial charge >= 0.3 is 0 Å². The van der Waals surface area contributed by atoms with Crippen molar-refractivity contribution in [1.29, 1.82) is 5.26 Å². The van der Waals surface area contributed by atoms with Gasteiger partial charge in [-0.1, -0.05) is 6.92 Å². The Morgan fingerprint density at radius 3 is 2.62 bits per heavy atom. The second kappa shape index (κ2) is 7.46. The van der Waals surface area contributed by atoms with Crippen LogP contribution in [0.2, 0.25) is 0 Å². The van der Waals surface area contributed by atoms with Crippen LogP contribution in [0.4, 0.5) is 5.82 Å². The van der Waals surface area contributed by atoms with Crippen LogP contribution in [0.1, 0.15) is 62.2 Å². The summed E-state index contributed by atoms with van der Waals surface area (Å²) in [4.78, 5) is 23.9. The quantitative estimate of drug-likeness (QED) is 0.681. The van der Waals surface area contributed by atoms with E-state index in [9.17, 15) is 14.9 Å². The average molecular weight is 358 g/mol. The summed E-state index contributed by atoms with van der Waals surface area (Å²) in [6.07, 6.45) is 7.07. The second-order valence-electron chi connectivity index (χ2n) is 7.35. The molecule has 2 fully saturated rings. The van der Waals surface area contributed by atoms with Gasteiger partial charge < -0.3 is 16.4 Å². The number of nitrogens with zero attached hydrogens (tertiary/aromatic N) is 3. The van der Waals surface area contributed by atoms with Crippen molar-refractivity contribution in [3.05, 3.63) is 11.8 Å². The second-order valence-corrected chi connectivity index (χ2v) is 7.35. The maximum Gasteiger partial charge on any atom is 0.254 e. The third kappa shape index (κ3) is 3.73. The van der Waals surface area contributed by atoms with Crippen LogP contribution < -0.4 is 16.4 Å². The molecule has 0 atom stereocenters. The summed E-state index contributed by atoms with van der Waals surface area (Å²) >= 11 is 0. The molecule has 140 valence electrons. The van der Waals surface area contributed by atoms with Gasteiger partial charge in [0, 0.05) is 18.2 Å². The summed E-state index contributed by atoms with van der Waals surface area (Å²) in [5.74, 6) is -0.538. The molecule has 1 aromatic rings. The highest BCUT2D eigenvalue weighted by Crippen LogP contribution is 2.38. The number of anilines is 1. The molecule has 1 aromatic heterocycles. The number of carbonyl (C=O) groups is 2. The predicted molar refractivity (Wildman–Crippen MR) is 96.2 cm³/mol. The number of primary amides is 1. The summed E-state index contributed by atoms with van der Waals surface area (Å²) in [5.41, 5.74) is 5.22. The monoisotopic (exact) mass is 358 g/mol. The zero-order chi connectivity index (χ0) is 18.7. The van der Waals surface area contributed by atoms with E-state index in [0.717, 1.165) is 45.1 Å². The minimum absolute atomic E-state index is 0.00417. The zero-order valence-electron chi connectivity index (χ0n) is 15.1. The van der Waals surface area contributed by atoms with Crippen molar-refractivity contribution < 1.29 is 9.59 Å². The third-order valence-corrected chi connectivity index (χ3v) is 5.47. The van der Waals surface area contributed by atoms with Crippen molar-refractivity contribution in [2.75, 3.05) is 11.9 Å². The van der Waals surface area contributed by atoms with E-state index in [1.165, 1.54) is 0 Å². The molecule has 8 nitrogen and oxygen atoms in total. The van der Waals surface area contributed by atoms with Crippen molar-refractivity contribution in [3.8, 4) is 6.07 Å². The van der Waals surface area contributed by atoms with E-state index < -0.39 is 11.4 Å². The molecule has 3 rings (SSSR count). The van der Waals surface area contributed by atoms with E-state index in [2.05, 4.69) is 28.7 Å². The van der Waals surface area contributed by atoms with Gasteiger partial charge in [0.25, 0.3) is 5.91 Å². The van der Waals surface area contributed by atoms with Crippen molar-refractivity contribution in [2.24, 2.45) is 11.7 Å². The van der Waals surface area contributed by atoms with Crippen LogP contribution in [0.25, 0.3) is 0 Å².